The van der Waals surface area contributed by atoms with Gasteiger partial charge in [-0.05, 0) is 12.5 Å². The minimum Gasteiger partial charge on any atom is -0.385 e. The van der Waals surface area contributed by atoms with Crippen LogP contribution in [0, 0.1) is 0 Å². The largest absolute Gasteiger partial charge is 0.424 e. The van der Waals surface area contributed by atoms with E-state index in [4.69, 9.17) is 0 Å². The molecule has 0 bridgehead atoms. The zero-order chi connectivity index (χ0) is 8.04. The molecule has 0 aliphatic heterocycles. The second-order valence-electron chi connectivity index (χ2n) is 2.31. The third-order valence-electron chi connectivity index (χ3n) is 1.41. The van der Waals surface area contributed by atoms with Crippen LogP contribution in [0.1, 0.15) is 13.3 Å². The molecular weight excluding hydrogens is 154 g/mol. The summed E-state index contributed by atoms with van der Waals surface area (Å²) in [5, 5.41) is 0. The van der Waals surface area contributed by atoms with Gasteiger partial charge in [0.2, 0.25) is 0 Å². The van der Waals surface area contributed by atoms with Crippen LogP contribution in [0.3, 0.4) is 0 Å². The monoisotopic (exact) mass is 168 g/mol. The summed E-state index contributed by atoms with van der Waals surface area (Å²) >= 11 is 0. The number of methoxy groups -OCH3 is 1. The van der Waals surface area contributed by atoms with Crippen molar-refractivity contribution in [1.82, 2.24) is 0 Å². The van der Waals surface area contributed by atoms with Gasteiger partial charge in [-0.3, -0.25) is 8.22 Å². The van der Waals surface area contributed by atoms with Gasteiger partial charge in [-0.15, -0.1) is 0 Å². The molecular formula is C6H14F2OSi. The second kappa shape index (κ2) is 4.79. The molecule has 0 fully saturated rings. The number of halogens is 2. The normalized spacial score (nSPS) is 12.0. The van der Waals surface area contributed by atoms with Crippen LogP contribution in [-0.2, 0) is 4.74 Å². The van der Waals surface area contributed by atoms with Crippen molar-refractivity contribution in [2.75, 3.05) is 13.7 Å². The lowest BCUT2D eigenvalue weighted by Crippen LogP contribution is -2.20. The van der Waals surface area contributed by atoms with E-state index >= 15 is 0 Å². The Hall–Kier alpha value is 0.0369. The molecule has 1 nitrogen and oxygen atoms in total. The summed E-state index contributed by atoms with van der Waals surface area (Å²) in [5.74, 6) is 0. The van der Waals surface area contributed by atoms with E-state index in [9.17, 15) is 8.22 Å². The molecule has 0 radical (unpaired) electrons. The Morgan fingerprint density at radius 2 is 2.00 bits per heavy atom. The molecule has 4 heteroatoms. The summed E-state index contributed by atoms with van der Waals surface area (Å²) in [4.78, 5) is 0. The van der Waals surface area contributed by atoms with Gasteiger partial charge in [-0.2, -0.15) is 0 Å². The zero-order valence-electron chi connectivity index (χ0n) is 6.49. The van der Waals surface area contributed by atoms with Crippen LogP contribution in [0.4, 0.5) is 8.22 Å². The topological polar surface area (TPSA) is 9.23 Å². The van der Waals surface area contributed by atoms with Crippen molar-refractivity contribution in [2.24, 2.45) is 0 Å². The summed E-state index contributed by atoms with van der Waals surface area (Å²) in [7, 11) is -2.26. The Morgan fingerprint density at radius 3 is 2.40 bits per heavy atom. The van der Waals surface area contributed by atoms with Crippen LogP contribution in [-0.4, -0.2) is 22.5 Å². The maximum absolute atomic E-state index is 12.6. The van der Waals surface area contributed by atoms with Crippen molar-refractivity contribution in [3.05, 3.63) is 0 Å². The van der Waals surface area contributed by atoms with Gasteiger partial charge in [0.25, 0.3) is 0 Å². The average Bonchev–Trinajstić information content (AvgIpc) is 1.89. The first-order valence-corrected chi connectivity index (χ1v) is 5.66. The van der Waals surface area contributed by atoms with Gasteiger partial charge < -0.3 is 4.74 Å². The molecule has 0 amide bonds. The molecule has 10 heavy (non-hydrogen) atoms. The summed E-state index contributed by atoms with van der Waals surface area (Å²) < 4.78 is 29.8. The molecule has 0 aromatic carbocycles. The van der Waals surface area contributed by atoms with E-state index in [1.165, 1.54) is 7.11 Å². The lowest BCUT2D eigenvalue weighted by Gasteiger charge is -2.08. The Kier molecular flexibility index (Phi) is 4.81. The Bertz CT molecular complexity index is 87.8. The second-order valence-corrected chi connectivity index (χ2v) is 5.22. The minimum absolute atomic E-state index is 0.0662. The SMILES string of the molecule is CC[Si](F)(F)CCCOC. The first-order valence-electron chi connectivity index (χ1n) is 3.49. The van der Waals surface area contributed by atoms with Gasteiger partial charge in [0.15, 0.2) is 0 Å². The highest BCUT2D eigenvalue weighted by molar-refractivity contribution is 6.65. The predicted octanol–water partition coefficient (Wildman–Crippen LogP) is 2.42. The maximum Gasteiger partial charge on any atom is 0.424 e. The van der Waals surface area contributed by atoms with Gasteiger partial charge in [-0.1, -0.05) is 6.92 Å². The number of hydrogen-bond donors (Lipinski definition) is 0. The molecule has 0 aliphatic carbocycles. The van der Waals surface area contributed by atoms with Gasteiger partial charge >= 0.3 is 8.74 Å². The van der Waals surface area contributed by atoms with E-state index in [1.807, 2.05) is 0 Å². The lowest BCUT2D eigenvalue weighted by molar-refractivity contribution is 0.197. The van der Waals surface area contributed by atoms with Crippen molar-refractivity contribution in [1.29, 1.82) is 0 Å². The van der Waals surface area contributed by atoms with Gasteiger partial charge in [-0.25, -0.2) is 0 Å². The fourth-order valence-corrected chi connectivity index (χ4v) is 1.67. The van der Waals surface area contributed by atoms with Crippen LogP contribution < -0.4 is 0 Å². The predicted molar refractivity (Wildman–Crippen MR) is 39.8 cm³/mol. The molecule has 0 unspecified atom stereocenters. The fourth-order valence-electron chi connectivity index (χ4n) is 0.652. The summed E-state index contributed by atoms with van der Waals surface area (Å²) in [6.45, 7) is 2.02. The van der Waals surface area contributed by atoms with E-state index in [2.05, 4.69) is 4.74 Å². The molecule has 0 aromatic heterocycles. The molecule has 0 rings (SSSR count). The van der Waals surface area contributed by atoms with E-state index < -0.39 is 8.74 Å². The van der Waals surface area contributed by atoms with Crippen LogP contribution >= 0.6 is 0 Å². The first kappa shape index (κ1) is 10.0. The Morgan fingerprint density at radius 1 is 1.40 bits per heavy atom. The van der Waals surface area contributed by atoms with Crippen molar-refractivity contribution in [3.8, 4) is 0 Å². The highest BCUT2D eigenvalue weighted by Gasteiger charge is 2.31. The summed E-state index contributed by atoms with van der Waals surface area (Å²) in [5.41, 5.74) is 0. The van der Waals surface area contributed by atoms with Crippen LogP contribution in [0.5, 0.6) is 0 Å². The summed E-state index contributed by atoms with van der Waals surface area (Å²) in [6, 6.07) is 0.147. The molecule has 0 heterocycles. The van der Waals surface area contributed by atoms with Gasteiger partial charge in [0, 0.05) is 19.8 Å². The Balaban J connectivity index is 3.28. The lowest BCUT2D eigenvalue weighted by atomic mass is 10.5. The van der Waals surface area contributed by atoms with Gasteiger partial charge in [0.1, 0.15) is 0 Å². The van der Waals surface area contributed by atoms with E-state index in [0.29, 0.717) is 13.0 Å². The highest BCUT2D eigenvalue weighted by atomic mass is 28.4. The minimum atomic E-state index is -3.79. The van der Waals surface area contributed by atoms with Crippen molar-refractivity contribution >= 4 is 8.74 Å². The number of rotatable bonds is 5. The Labute approximate surface area is 61.7 Å². The standard InChI is InChI=1S/C6H14F2OSi/c1-3-10(7,8)6-4-5-9-2/h3-6H2,1-2H3. The van der Waals surface area contributed by atoms with Crippen LogP contribution in [0.25, 0.3) is 0 Å². The molecule has 0 spiro atoms. The molecule has 0 atom stereocenters. The molecule has 0 N–H and O–H groups in total. The molecule has 0 aliphatic rings. The smallest absolute Gasteiger partial charge is 0.385 e. The third-order valence-corrected chi connectivity index (χ3v) is 3.53. The number of ether oxygens (including phenoxy) is 1. The quantitative estimate of drug-likeness (QED) is 0.348. The van der Waals surface area contributed by atoms with Gasteiger partial charge in [0.05, 0.1) is 0 Å². The van der Waals surface area contributed by atoms with Crippen LogP contribution in [0.2, 0.25) is 12.1 Å². The van der Waals surface area contributed by atoms with Crippen molar-refractivity contribution in [2.45, 2.75) is 25.4 Å². The van der Waals surface area contributed by atoms with E-state index in [0.717, 1.165) is 0 Å². The zero-order valence-corrected chi connectivity index (χ0v) is 7.49. The van der Waals surface area contributed by atoms with Crippen molar-refractivity contribution in [3.63, 3.8) is 0 Å². The van der Waals surface area contributed by atoms with E-state index in [1.54, 1.807) is 6.92 Å². The molecule has 0 aromatic rings. The third kappa shape index (κ3) is 4.87. The highest BCUT2D eigenvalue weighted by Crippen LogP contribution is 2.19. The molecule has 0 saturated carbocycles. The number of hydrogen-bond acceptors (Lipinski definition) is 1. The van der Waals surface area contributed by atoms with E-state index in [-0.39, 0.29) is 12.1 Å². The van der Waals surface area contributed by atoms with Crippen LogP contribution in [0.15, 0.2) is 0 Å². The molecule has 62 valence electrons. The fraction of sp³-hybridized carbons (Fsp3) is 1.00. The first-order chi connectivity index (χ1) is 4.62. The average molecular weight is 168 g/mol. The molecule has 0 saturated heterocycles. The summed E-state index contributed by atoms with van der Waals surface area (Å²) in [6.07, 6.45) is 0.504. The maximum atomic E-state index is 12.6. The van der Waals surface area contributed by atoms with Crippen molar-refractivity contribution < 1.29 is 13.0 Å².